The number of aryl methyl sites for hydroxylation is 1. The van der Waals surface area contributed by atoms with E-state index in [-0.39, 0.29) is 11.7 Å². The highest BCUT2D eigenvalue weighted by molar-refractivity contribution is 5.93. The number of fused-ring (bicyclic) bond motifs is 1. The van der Waals surface area contributed by atoms with E-state index in [1.54, 1.807) is 17.0 Å². The van der Waals surface area contributed by atoms with E-state index in [4.69, 9.17) is 0 Å². The molecule has 0 radical (unpaired) electrons. The molecule has 0 aliphatic carbocycles. The van der Waals surface area contributed by atoms with Gasteiger partial charge in [0, 0.05) is 44.0 Å². The third-order valence-electron chi connectivity index (χ3n) is 5.43. The van der Waals surface area contributed by atoms with Crippen LogP contribution in [0.25, 0.3) is 0 Å². The summed E-state index contributed by atoms with van der Waals surface area (Å²) in [4.78, 5) is 21.1. The summed E-state index contributed by atoms with van der Waals surface area (Å²) in [6.45, 7) is 1.79. The van der Waals surface area contributed by atoms with E-state index >= 15 is 0 Å². The Kier molecular flexibility index (Phi) is 5.24. The van der Waals surface area contributed by atoms with Crippen molar-refractivity contribution >= 4 is 23.5 Å². The number of anilines is 2. The van der Waals surface area contributed by atoms with Gasteiger partial charge < -0.3 is 9.80 Å². The van der Waals surface area contributed by atoms with Crippen molar-refractivity contribution in [1.82, 2.24) is 0 Å². The summed E-state index contributed by atoms with van der Waals surface area (Å²) < 4.78 is 13.0. The fourth-order valence-corrected chi connectivity index (χ4v) is 3.73. The Morgan fingerprint density at radius 3 is 2.79 bits per heavy atom. The average molecular weight is 377 g/mol. The van der Waals surface area contributed by atoms with Gasteiger partial charge in [0.05, 0.1) is 12.2 Å². The molecule has 0 N–H and O–H groups in total. The van der Waals surface area contributed by atoms with Crippen molar-refractivity contribution in [2.24, 2.45) is 4.99 Å². The smallest absolute Gasteiger partial charge is 0.227 e. The number of allylic oxidation sites excluding steroid dienone is 1. The van der Waals surface area contributed by atoms with E-state index in [9.17, 15) is 9.18 Å². The van der Waals surface area contributed by atoms with Crippen LogP contribution < -0.4 is 9.80 Å². The van der Waals surface area contributed by atoms with Crippen LogP contribution in [0.2, 0.25) is 0 Å². The van der Waals surface area contributed by atoms with Crippen molar-refractivity contribution < 1.29 is 9.18 Å². The average Bonchev–Trinajstić information content (AvgIpc) is 3.37. The molecule has 2 aliphatic heterocycles. The van der Waals surface area contributed by atoms with Crippen LogP contribution in [-0.2, 0) is 17.6 Å². The first-order chi connectivity index (χ1) is 13.6. The van der Waals surface area contributed by atoms with Crippen LogP contribution in [0.5, 0.6) is 0 Å². The van der Waals surface area contributed by atoms with Gasteiger partial charge in [-0.2, -0.15) is 0 Å². The molecule has 2 aromatic carbocycles. The second kappa shape index (κ2) is 7.97. The first-order valence-corrected chi connectivity index (χ1v) is 9.70. The van der Waals surface area contributed by atoms with Crippen molar-refractivity contribution in [3.63, 3.8) is 0 Å². The fourth-order valence-electron chi connectivity index (χ4n) is 3.73. The molecule has 1 amide bonds. The lowest BCUT2D eigenvalue weighted by Gasteiger charge is -2.22. The molecule has 0 bridgehead atoms. The predicted molar refractivity (Wildman–Crippen MR) is 112 cm³/mol. The molecule has 0 aromatic heterocycles. The molecule has 2 aliphatic rings. The highest BCUT2D eigenvalue weighted by Gasteiger charge is 2.22. The Balaban J connectivity index is 1.42. The zero-order valence-corrected chi connectivity index (χ0v) is 16.1. The van der Waals surface area contributed by atoms with E-state index in [0.717, 1.165) is 42.9 Å². The van der Waals surface area contributed by atoms with E-state index in [0.29, 0.717) is 12.8 Å². The molecular weight excluding hydrogens is 353 g/mol. The molecule has 2 heterocycles. The van der Waals surface area contributed by atoms with Gasteiger partial charge in [0.2, 0.25) is 5.91 Å². The second-order valence-corrected chi connectivity index (χ2v) is 7.31. The normalized spacial score (nSPS) is 14.9. The van der Waals surface area contributed by atoms with Crippen LogP contribution in [0, 0.1) is 5.82 Å². The minimum Gasteiger partial charge on any atom is -0.365 e. The number of rotatable bonds is 6. The number of nitrogens with zero attached hydrogens (tertiary/aromatic N) is 3. The lowest BCUT2D eigenvalue weighted by molar-refractivity contribution is -0.118. The zero-order chi connectivity index (χ0) is 19.5. The van der Waals surface area contributed by atoms with Gasteiger partial charge in [0.1, 0.15) is 5.82 Å². The molecular formula is C23H24FN3O. The molecule has 0 saturated carbocycles. The third kappa shape index (κ3) is 3.98. The van der Waals surface area contributed by atoms with Gasteiger partial charge in [-0.15, -0.1) is 0 Å². The molecule has 5 heteroatoms. The first-order valence-electron chi connectivity index (χ1n) is 9.70. The van der Waals surface area contributed by atoms with Crippen LogP contribution in [0.4, 0.5) is 15.8 Å². The lowest BCUT2D eigenvalue weighted by Crippen LogP contribution is -2.27. The quantitative estimate of drug-likeness (QED) is 0.758. The Hall–Kier alpha value is -2.95. The summed E-state index contributed by atoms with van der Waals surface area (Å²) >= 11 is 0. The van der Waals surface area contributed by atoms with Crippen LogP contribution >= 0.6 is 0 Å². The molecule has 4 rings (SSSR count). The molecule has 4 nitrogen and oxygen atoms in total. The van der Waals surface area contributed by atoms with Crippen molar-refractivity contribution in [3.05, 3.63) is 71.2 Å². The number of carbonyl (C=O) groups excluding carboxylic acids is 1. The molecule has 0 unspecified atom stereocenters. The standard InChI is InChI=1S/C23H24FN3O/c1-26(23(28)11-6-17-4-8-19(24)9-5-17)21-10-7-18-12-14-27(22(18)15-21)16-20-3-2-13-25-20/h3-5,7-10,13,15H,2,6,11-12,14,16H2,1H3. The van der Waals surface area contributed by atoms with Gasteiger partial charge >= 0.3 is 0 Å². The zero-order valence-electron chi connectivity index (χ0n) is 16.1. The highest BCUT2D eigenvalue weighted by atomic mass is 19.1. The second-order valence-electron chi connectivity index (χ2n) is 7.31. The van der Waals surface area contributed by atoms with E-state index < -0.39 is 0 Å². The maximum Gasteiger partial charge on any atom is 0.227 e. The number of aliphatic imine (C=N–C) groups is 1. The summed E-state index contributed by atoms with van der Waals surface area (Å²) in [6.07, 6.45) is 7.04. The number of carbonyl (C=O) groups is 1. The number of halogens is 1. The molecule has 0 saturated heterocycles. The highest BCUT2D eigenvalue weighted by Crippen LogP contribution is 2.33. The molecule has 2 aromatic rings. The summed E-state index contributed by atoms with van der Waals surface area (Å²) in [5.41, 5.74) is 5.49. The first kappa shape index (κ1) is 18.4. The van der Waals surface area contributed by atoms with E-state index in [1.165, 1.54) is 23.4 Å². The molecule has 144 valence electrons. The van der Waals surface area contributed by atoms with Crippen LogP contribution in [0.3, 0.4) is 0 Å². The van der Waals surface area contributed by atoms with Crippen LogP contribution in [-0.4, -0.2) is 32.3 Å². The number of amides is 1. The largest absolute Gasteiger partial charge is 0.365 e. The predicted octanol–water partition coefficient (Wildman–Crippen LogP) is 4.14. The topological polar surface area (TPSA) is 35.9 Å². The van der Waals surface area contributed by atoms with Gasteiger partial charge in [-0.05, 0) is 48.2 Å². The number of hydrogen-bond donors (Lipinski definition) is 0. The monoisotopic (exact) mass is 377 g/mol. The molecule has 0 atom stereocenters. The summed E-state index contributed by atoms with van der Waals surface area (Å²) in [5, 5.41) is 0. The van der Waals surface area contributed by atoms with Gasteiger partial charge in [-0.25, -0.2) is 4.39 Å². The van der Waals surface area contributed by atoms with Crippen molar-refractivity contribution in [2.75, 3.05) is 29.9 Å². The van der Waals surface area contributed by atoms with Gasteiger partial charge in [0.25, 0.3) is 0 Å². The van der Waals surface area contributed by atoms with Crippen molar-refractivity contribution in [3.8, 4) is 0 Å². The van der Waals surface area contributed by atoms with Crippen LogP contribution in [0.1, 0.15) is 24.0 Å². The summed E-state index contributed by atoms with van der Waals surface area (Å²) in [5.74, 6) is -0.203. The number of benzene rings is 2. The Bertz CT molecular complexity index is 933. The maximum absolute atomic E-state index is 13.0. The Morgan fingerprint density at radius 1 is 1.21 bits per heavy atom. The Morgan fingerprint density at radius 2 is 2.04 bits per heavy atom. The summed E-state index contributed by atoms with van der Waals surface area (Å²) in [7, 11) is 1.82. The van der Waals surface area contributed by atoms with Crippen molar-refractivity contribution in [1.29, 1.82) is 0 Å². The van der Waals surface area contributed by atoms with Gasteiger partial charge in [-0.3, -0.25) is 9.79 Å². The van der Waals surface area contributed by atoms with Gasteiger partial charge in [0.15, 0.2) is 0 Å². The summed E-state index contributed by atoms with van der Waals surface area (Å²) in [6, 6.07) is 12.6. The maximum atomic E-state index is 13.0. The fraction of sp³-hybridized carbons (Fsp3) is 0.304. The third-order valence-corrected chi connectivity index (χ3v) is 5.43. The minimum absolute atomic E-state index is 0.0527. The number of hydrogen-bond acceptors (Lipinski definition) is 3. The van der Waals surface area contributed by atoms with E-state index in [2.05, 4.69) is 28.1 Å². The molecule has 28 heavy (non-hydrogen) atoms. The van der Waals surface area contributed by atoms with Crippen LogP contribution in [0.15, 0.2) is 59.2 Å². The van der Waals surface area contributed by atoms with Crippen molar-refractivity contribution in [2.45, 2.75) is 25.7 Å². The minimum atomic E-state index is -0.256. The molecule has 0 spiro atoms. The Labute approximate surface area is 165 Å². The lowest BCUT2D eigenvalue weighted by atomic mass is 10.1. The van der Waals surface area contributed by atoms with E-state index in [1.807, 2.05) is 19.3 Å². The molecule has 0 fully saturated rings. The SMILES string of the molecule is CN(C(=O)CCc1ccc(F)cc1)c1ccc2c(c1)N(CC1=CCC=N1)CC2. The van der Waals surface area contributed by atoms with Gasteiger partial charge in [-0.1, -0.05) is 24.3 Å².